The Bertz CT molecular complexity index is 1130. The topological polar surface area (TPSA) is 82.5 Å². The van der Waals surface area contributed by atoms with Gasteiger partial charge in [-0.25, -0.2) is 13.4 Å². The SMILES string of the molecule is O=S1(=O)CCN(c2cc(NCCO)c3cc(Cl)ccc3n2)Cc2ccccc21. The number of benzene rings is 2. The maximum atomic E-state index is 12.6. The smallest absolute Gasteiger partial charge is 0.180 e. The highest BCUT2D eigenvalue weighted by Gasteiger charge is 2.26. The van der Waals surface area contributed by atoms with Gasteiger partial charge in [0.1, 0.15) is 5.82 Å². The average Bonchev–Trinajstić information content (AvgIpc) is 2.82. The fourth-order valence-corrected chi connectivity index (χ4v) is 5.11. The van der Waals surface area contributed by atoms with Gasteiger partial charge in [0.2, 0.25) is 0 Å². The van der Waals surface area contributed by atoms with Crippen molar-refractivity contribution >= 4 is 43.8 Å². The van der Waals surface area contributed by atoms with Crippen LogP contribution in [0.1, 0.15) is 5.56 Å². The number of fused-ring (bicyclic) bond motifs is 2. The van der Waals surface area contributed by atoms with E-state index in [9.17, 15) is 13.5 Å². The Hall–Kier alpha value is -2.35. The third-order valence-electron chi connectivity index (χ3n) is 4.81. The van der Waals surface area contributed by atoms with Crippen LogP contribution in [0, 0.1) is 0 Å². The first-order chi connectivity index (χ1) is 13.5. The first-order valence-corrected chi connectivity index (χ1v) is 11.0. The fraction of sp³-hybridized carbons (Fsp3) is 0.250. The van der Waals surface area contributed by atoms with Crippen molar-refractivity contribution in [3.05, 3.63) is 59.1 Å². The summed E-state index contributed by atoms with van der Waals surface area (Å²) in [6, 6.07) is 14.4. The Balaban J connectivity index is 1.80. The molecule has 1 aromatic heterocycles. The molecule has 0 radical (unpaired) electrons. The second-order valence-corrected chi connectivity index (χ2v) is 9.20. The number of anilines is 2. The Morgan fingerprint density at radius 2 is 2.00 bits per heavy atom. The molecule has 1 aliphatic heterocycles. The average molecular weight is 418 g/mol. The van der Waals surface area contributed by atoms with E-state index in [1.807, 2.05) is 35.2 Å². The van der Waals surface area contributed by atoms with Crippen molar-refractivity contribution in [3.63, 3.8) is 0 Å². The van der Waals surface area contributed by atoms with Crippen LogP contribution in [0.2, 0.25) is 5.02 Å². The van der Waals surface area contributed by atoms with Crippen molar-refractivity contribution in [1.82, 2.24) is 4.98 Å². The van der Waals surface area contributed by atoms with Gasteiger partial charge >= 0.3 is 0 Å². The number of hydrogen-bond acceptors (Lipinski definition) is 6. The van der Waals surface area contributed by atoms with E-state index in [0.717, 1.165) is 22.2 Å². The minimum atomic E-state index is -3.33. The van der Waals surface area contributed by atoms with Crippen molar-refractivity contribution < 1.29 is 13.5 Å². The minimum absolute atomic E-state index is 0.00491. The van der Waals surface area contributed by atoms with E-state index in [4.69, 9.17) is 16.6 Å². The van der Waals surface area contributed by atoms with Crippen molar-refractivity contribution in [3.8, 4) is 0 Å². The predicted octanol–water partition coefficient (Wildman–Crippen LogP) is 3.09. The monoisotopic (exact) mass is 417 g/mol. The maximum absolute atomic E-state index is 12.6. The van der Waals surface area contributed by atoms with Crippen LogP contribution in [-0.2, 0) is 16.4 Å². The number of aliphatic hydroxyl groups is 1. The summed E-state index contributed by atoms with van der Waals surface area (Å²) >= 11 is 6.14. The van der Waals surface area contributed by atoms with Gasteiger partial charge in [-0.05, 0) is 29.8 Å². The largest absolute Gasteiger partial charge is 0.395 e. The third-order valence-corrected chi connectivity index (χ3v) is 6.83. The summed E-state index contributed by atoms with van der Waals surface area (Å²) in [5.41, 5.74) is 2.32. The maximum Gasteiger partial charge on any atom is 0.180 e. The van der Waals surface area contributed by atoms with E-state index < -0.39 is 9.84 Å². The lowest BCUT2D eigenvalue weighted by Gasteiger charge is -2.23. The molecule has 0 spiro atoms. The molecule has 0 amide bonds. The summed E-state index contributed by atoms with van der Waals surface area (Å²) < 4.78 is 25.3. The molecule has 146 valence electrons. The van der Waals surface area contributed by atoms with Crippen LogP contribution < -0.4 is 10.2 Å². The van der Waals surface area contributed by atoms with Gasteiger partial charge in [0, 0.05) is 41.8 Å². The van der Waals surface area contributed by atoms with Gasteiger partial charge in [0.15, 0.2) is 9.84 Å². The molecule has 0 aliphatic carbocycles. The molecule has 0 saturated carbocycles. The van der Waals surface area contributed by atoms with E-state index in [0.29, 0.717) is 35.4 Å². The quantitative estimate of drug-likeness (QED) is 0.678. The highest BCUT2D eigenvalue weighted by molar-refractivity contribution is 7.91. The van der Waals surface area contributed by atoms with Gasteiger partial charge in [-0.15, -0.1) is 0 Å². The Kier molecular flexibility index (Phi) is 5.14. The second-order valence-electron chi connectivity index (χ2n) is 6.69. The van der Waals surface area contributed by atoms with Gasteiger partial charge in [-0.2, -0.15) is 0 Å². The van der Waals surface area contributed by atoms with Crippen LogP contribution in [0.15, 0.2) is 53.4 Å². The zero-order valence-corrected chi connectivity index (χ0v) is 16.7. The van der Waals surface area contributed by atoms with E-state index >= 15 is 0 Å². The van der Waals surface area contributed by atoms with Crippen molar-refractivity contribution in [2.75, 3.05) is 35.7 Å². The lowest BCUT2D eigenvalue weighted by atomic mass is 10.1. The summed E-state index contributed by atoms with van der Waals surface area (Å²) in [6.45, 7) is 1.20. The number of hydrogen-bond donors (Lipinski definition) is 2. The summed E-state index contributed by atoms with van der Waals surface area (Å²) in [5.74, 6) is 0.714. The predicted molar refractivity (Wildman–Crippen MR) is 112 cm³/mol. The first kappa shape index (κ1) is 19.0. The zero-order chi connectivity index (χ0) is 19.7. The van der Waals surface area contributed by atoms with Crippen LogP contribution in [0.25, 0.3) is 10.9 Å². The zero-order valence-electron chi connectivity index (χ0n) is 15.1. The molecular formula is C20H20ClN3O3S. The molecule has 8 heteroatoms. The van der Waals surface area contributed by atoms with Gasteiger partial charge < -0.3 is 15.3 Å². The highest BCUT2D eigenvalue weighted by Crippen LogP contribution is 2.32. The molecule has 3 aromatic rings. The van der Waals surface area contributed by atoms with Crippen molar-refractivity contribution in [1.29, 1.82) is 0 Å². The summed E-state index contributed by atoms with van der Waals surface area (Å²) in [7, 11) is -3.33. The van der Waals surface area contributed by atoms with E-state index in [1.54, 1.807) is 18.2 Å². The first-order valence-electron chi connectivity index (χ1n) is 8.98. The molecular weight excluding hydrogens is 398 g/mol. The van der Waals surface area contributed by atoms with Gasteiger partial charge in [-0.1, -0.05) is 29.8 Å². The van der Waals surface area contributed by atoms with Crippen molar-refractivity contribution in [2.24, 2.45) is 0 Å². The highest BCUT2D eigenvalue weighted by atomic mass is 35.5. The molecule has 0 saturated heterocycles. The third kappa shape index (κ3) is 3.65. The molecule has 2 N–H and O–H groups in total. The standard InChI is InChI=1S/C20H20ClN3O3S/c21-15-5-6-17-16(11-15)18(22-7-9-25)12-20(23-17)24-8-10-28(26,27)19-4-2-1-3-14(19)13-24/h1-6,11-12,25H,7-10,13H2,(H,22,23). The minimum Gasteiger partial charge on any atom is -0.395 e. The summed E-state index contributed by atoms with van der Waals surface area (Å²) in [6.07, 6.45) is 0. The molecule has 0 unspecified atom stereocenters. The number of halogens is 1. The number of sulfone groups is 1. The summed E-state index contributed by atoms with van der Waals surface area (Å²) in [4.78, 5) is 7.11. The number of rotatable bonds is 4. The van der Waals surface area contributed by atoms with Crippen LogP contribution >= 0.6 is 11.6 Å². The lowest BCUT2D eigenvalue weighted by Crippen LogP contribution is -2.26. The molecule has 1 aliphatic rings. The molecule has 4 rings (SSSR count). The van der Waals surface area contributed by atoms with E-state index in [2.05, 4.69) is 5.32 Å². The van der Waals surface area contributed by atoms with Gasteiger partial charge in [0.05, 0.1) is 22.8 Å². The normalized spacial score (nSPS) is 15.9. The van der Waals surface area contributed by atoms with Crippen LogP contribution in [0.4, 0.5) is 11.5 Å². The molecule has 0 fully saturated rings. The van der Waals surface area contributed by atoms with Crippen LogP contribution in [-0.4, -0.2) is 44.0 Å². The summed E-state index contributed by atoms with van der Waals surface area (Å²) in [5, 5.41) is 13.9. The van der Waals surface area contributed by atoms with E-state index in [-0.39, 0.29) is 12.4 Å². The van der Waals surface area contributed by atoms with Crippen LogP contribution in [0.3, 0.4) is 0 Å². The Morgan fingerprint density at radius 3 is 2.82 bits per heavy atom. The number of nitrogens with zero attached hydrogens (tertiary/aromatic N) is 2. The number of aromatic nitrogens is 1. The van der Waals surface area contributed by atoms with Gasteiger partial charge in [-0.3, -0.25) is 0 Å². The lowest BCUT2D eigenvalue weighted by molar-refractivity contribution is 0.311. The molecule has 28 heavy (non-hydrogen) atoms. The Labute approximate surface area is 168 Å². The second kappa shape index (κ2) is 7.58. The molecule has 6 nitrogen and oxygen atoms in total. The molecule has 2 heterocycles. The molecule has 2 aromatic carbocycles. The molecule has 0 bridgehead atoms. The van der Waals surface area contributed by atoms with Crippen LogP contribution in [0.5, 0.6) is 0 Å². The number of aliphatic hydroxyl groups excluding tert-OH is 1. The van der Waals surface area contributed by atoms with Crippen molar-refractivity contribution in [2.45, 2.75) is 11.4 Å². The number of pyridine rings is 1. The molecule has 0 atom stereocenters. The van der Waals surface area contributed by atoms with Gasteiger partial charge in [0.25, 0.3) is 0 Å². The van der Waals surface area contributed by atoms with E-state index in [1.165, 1.54) is 0 Å². The fourth-order valence-electron chi connectivity index (χ4n) is 3.44. The number of nitrogens with one attached hydrogen (secondary N) is 1. The Morgan fingerprint density at radius 1 is 1.18 bits per heavy atom.